The largest absolute Gasteiger partial charge is 0.387 e. The van der Waals surface area contributed by atoms with Crippen LogP contribution in [0.15, 0.2) is 35.3 Å². The van der Waals surface area contributed by atoms with Crippen molar-refractivity contribution < 1.29 is 4.79 Å². The molecular formula is C25H35N5O. The summed E-state index contributed by atoms with van der Waals surface area (Å²) in [6.45, 7) is 5.16. The van der Waals surface area contributed by atoms with Crippen molar-refractivity contribution in [2.45, 2.75) is 58.3 Å². The molecule has 2 amide bonds. The van der Waals surface area contributed by atoms with Crippen LogP contribution in [-0.4, -0.2) is 41.4 Å². The Kier molecular flexibility index (Phi) is 7.17. The fraction of sp³-hybridized carbons (Fsp3) is 0.560. The summed E-state index contributed by atoms with van der Waals surface area (Å²) < 4.78 is 0. The van der Waals surface area contributed by atoms with Gasteiger partial charge in [-0.1, -0.05) is 38.2 Å². The monoisotopic (exact) mass is 421 g/mol. The SMILES string of the molecule is Cc1ccc2cc(NC(=O)/N=C(\N)C3CCCN(CCC4CCCCC4)C3)ccc2n1. The van der Waals surface area contributed by atoms with Crippen molar-refractivity contribution in [3.8, 4) is 0 Å². The number of amides is 2. The summed E-state index contributed by atoms with van der Waals surface area (Å²) in [5.41, 5.74) is 8.86. The van der Waals surface area contributed by atoms with Crippen LogP contribution in [0.1, 0.15) is 57.1 Å². The van der Waals surface area contributed by atoms with Crippen LogP contribution in [0.4, 0.5) is 10.5 Å². The van der Waals surface area contributed by atoms with Crippen molar-refractivity contribution in [3.63, 3.8) is 0 Å². The van der Waals surface area contributed by atoms with Gasteiger partial charge in [-0.15, -0.1) is 0 Å². The third-order valence-electron chi connectivity index (χ3n) is 6.81. The van der Waals surface area contributed by atoms with Gasteiger partial charge in [-0.05, 0) is 69.5 Å². The van der Waals surface area contributed by atoms with Gasteiger partial charge in [0.2, 0.25) is 0 Å². The minimum Gasteiger partial charge on any atom is -0.387 e. The Morgan fingerprint density at radius 1 is 1.16 bits per heavy atom. The number of nitrogens with one attached hydrogen (secondary N) is 1. The number of fused-ring (bicyclic) bond motifs is 1. The maximum absolute atomic E-state index is 12.5. The van der Waals surface area contributed by atoms with Crippen LogP contribution in [0.2, 0.25) is 0 Å². The molecule has 0 spiro atoms. The van der Waals surface area contributed by atoms with Crippen LogP contribution in [0, 0.1) is 18.8 Å². The van der Waals surface area contributed by atoms with Crippen LogP contribution in [0.25, 0.3) is 10.9 Å². The lowest BCUT2D eigenvalue weighted by atomic mass is 9.86. The van der Waals surface area contributed by atoms with Crippen LogP contribution < -0.4 is 11.1 Å². The second kappa shape index (κ2) is 10.2. The van der Waals surface area contributed by atoms with E-state index in [0.717, 1.165) is 55.0 Å². The standard InChI is InChI=1S/C25H35N5O/c1-18-9-10-20-16-22(11-12-23(20)27-18)28-25(31)29-24(26)21-8-5-14-30(17-21)15-13-19-6-3-2-4-7-19/h9-12,16,19,21H,2-8,13-15,17H2,1H3,(H3,26,28,29,31). The summed E-state index contributed by atoms with van der Waals surface area (Å²) in [5.74, 6) is 1.51. The third kappa shape index (κ3) is 6.03. The summed E-state index contributed by atoms with van der Waals surface area (Å²) in [5, 5.41) is 3.84. The molecule has 1 unspecified atom stereocenters. The van der Waals surface area contributed by atoms with Crippen molar-refractivity contribution in [1.29, 1.82) is 0 Å². The number of hydrogen-bond acceptors (Lipinski definition) is 3. The number of piperidine rings is 1. The van der Waals surface area contributed by atoms with Crippen LogP contribution in [-0.2, 0) is 0 Å². The lowest BCUT2D eigenvalue weighted by Gasteiger charge is -2.33. The zero-order valence-electron chi connectivity index (χ0n) is 18.6. The molecule has 0 bridgehead atoms. The topological polar surface area (TPSA) is 83.6 Å². The van der Waals surface area contributed by atoms with Crippen LogP contribution in [0.3, 0.4) is 0 Å². The minimum atomic E-state index is -0.406. The number of aromatic nitrogens is 1. The number of pyridine rings is 1. The van der Waals surface area contributed by atoms with Gasteiger partial charge in [0.25, 0.3) is 0 Å². The van der Waals surface area contributed by atoms with Gasteiger partial charge in [-0.3, -0.25) is 4.98 Å². The maximum atomic E-state index is 12.5. The van der Waals surface area contributed by atoms with E-state index in [1.165, 1.54) is 38.5 Å². The molecule has 1 aliphatic heterocycles. The molecule has 166 valence electrons. The number of rotatable bonds is 5. The van der Waals surface area contributed by atoms with Crippen molar-refractivity contribution in [2.75, 3.05) is 25.0 Å². The zero-order chi connectivity index (χ0) is 21.6. The molecule has 1 saturated heterocycles. The second-order valence-electron chi connectivity index (χ2n) is 9.26. The zero-order valence-corrected chi connectivity index (χ0v) is 18.6. The molecule has 3 N–H and O–H groups in total. The Labute approximate surface area is 185 Å². The quantitative estimate of drug-likeness (QED) is 0.519. The number of benzene rings is 1. The molecule has 1 aromatic carbocycles. The number of aliphatic imine (C=N–C) groups is 1. The van der Waals surface area contributed by atoms with Crippen LogP contribution in [0.5, 0.6) is 0 Å². The highest BCUT2D eigenvalue weighted by molar-refractivity contribution is 6.01. The molecule has 0 radical (unpaired) electrons. The summed E-state index contributed by atoms with van der Waals surface area (Å²) in [6.07, 6.45) is 10.4. The molecule has 1 aliphatic carbocycles. The Bertz CT molecular complexity index is 935. The molecule has 1 atom stereocenters. The number of likely N-dealkylation sites (tertiary alicyclic amines) is 1. The van der Waals surface area contributed by atoms with Crippen molar-refractivity contribution >= 4 is 28.5 Å². The predicted octanol–water partition coefficient (Wildman–Crippen LogP) is 5.11. The number of urea groups is 1. The number of aryl methyl sites for hydroxylation is 1. The first-order valence-corrected chi connectivity index (χ1v) is 11.8. The smallest absolute Gasteiger partial charge is 0.347 e. The number of hydrogen-bond donors (Lipinski definition) is 2. The number of nitrogens with zero attached hydrogens (tertiary/aromatic N) is 3. The lowest BCUT2D eigenvalue weighted by Crippen LogP contribution is -2.42. The number of amidine groups is 1. The average Bonchev–Trinajstić information content (AvgIpc) is 2.78. The van der Waals surface area contributed by atoms with E-state index in [9.17, 15) is 4.79 Å². The second-order valence-corrected chi connectivity index (χ2v) is 9.26. The van der Waals surface area contributed by atoms with E-state index in [2.05, 4.69) is 20.2 Å². The van der Waals surface area contributed by atoms with E-state index in [-0.39, 0.29) is 5.92 Å². The van der Waals surface area contributed by atoms with E-state index in [1.54, 1.807) is 0 Å². The Balaban J connectivity index is 1.31. The summed E-state index contributed by atoms with van der Waals surface area (Å²) in [7, 11) is 0. The van der Waals surface area contributed by atoms with Gasteiger partial charge in [-0.2, -0.15) is 4.99 Å². The van der Waals surface area contributed by atoms with Gasteiger partial charge in [0.05, 0.1) is 5.52 Å². The van der Waals surface area contributed by atoms with Crippen molar-refractivity contribution in [1.82, 2.24) is 9.88 Å². The molecule has 1 aromatic heterocycles. The molecule has 31 heavy (non-hydrogen) atoms. The molecule has 2 aromatic rings. The Morgan fingerprint density at radius 3 is 2.84 bits per heavy atom. The highest BCUT2D eigenvalue weighted by Gasteiger charge is 2.24. The average molecular weight is 422 g/mol. The Morgan fingerprint density at radius 2 is 2.00 bits per heavy atom. The van der Waals surface area contributed by atoms with Gasteiger partial charge in [-0.25, -0.2) is 4.79 Å². The van der Waals surface area contributed by atoms with E-state index in [4.69, 9.17) is 5.73 Å². The first-order valence-electron chi connectivity index (χ1n) is 11.8. The van der Waals surface area contributed by atoms with Crippen LogP contribution >= 0.6 is 0 Å². The third-order valence-corrected chi connectivity index (χ3v) is 6.81. The van der Waals surface area contributed by atoms with Gasteiger partial charge in [0, 0.05) is 29.2 Å². The highest BCUT2D eigenvalue weighted by atomic mass is 16.2. The number of anilines is 1. The molecule has 1 saturated carbocycles. The van der Waals surface area contributed by atoms with Gasteiger partial charge in [0.15, 0.2) is 0 Å². The van der Waals surface area contributed by atoms with E-state index < -0.39 is 6.03 Å². The molecule has 2 heterocycles. The summed E-state index contributed by atoms with van der Waals surface area (Å²) in [4.78, 5) is 23.6. The number of nitrogens with two attached hydrogens (primary N) is 1. The normalized spacial score (nSPS) is 21.3. The summed E-state index contributed by atoms with van der Waals surface area (Å²) >= 11 is 0. The molecule has 2 fully saturated rings. The first kappa shape index (κ1) is 21.8. The molecule has 6 heteroatoms. The molecular weight excluding hydrogens is 386 g/mol. The minimum absolute atomic E-state index is 0.162. The maximum Gasteiger partial charge on any atom is 0.347 e. The van der Waals surface area contributed by atoms with Crippen molar-refractivity contribution in [2.24, 2.45) is 22.6 Å². The molecule has 2 aliphatic rings. The molecule has 6 nitrogen and oxygen atoms in total. The van der Waals surface area contributed by atoms with Crippen molar-refractivity contribution in [3.05, 3.63) is 36.0 Å². The fourth-order valence-electron chi connectivity index (χ4n) is 5.01. The first-order chi connectivity index (χ1) is 15.1. The van der Waals surface area contributed by atoms with Gasteiger partial charge in [0.1, 0.15) is 5.84 Å². The van der Waals surface area contributed by atoms with E-state index in [0.29, 0.717) is 11.5 Å². The predicted molar refractivity (Wildman–Crippen MR) is 127 cm³/mol. The molecule has 4 rings (SSSR count). The van der Waals surface area contributed by atoms with E-state index in [1.807, 2.05) is 37.3 Å². The summed E-state index contributed by atoms with van der Waals surface area (Å²) in [6, 6.07) is 9.25. The highest BCUT2D eigenvalue weighted by Crippen LogP contribution is 2.27. The number of carbonyl (C=O) groups is 1. The lowest BCUT2D eigenvalue weighted by molar-refractivity contribution is 0.182. The fourth-order valence-corrected chi connectivity index (χ4v) is 5.01. The van der Waals surface area contributed by atoms with Gasteiger partial charge >= 0.3 is 6.03 Å². The van der Waals surface area contributed by atoms with Gasteiger partial charge < -0.3 is 16.0 Å². The number of carbonyl (C=O) groups excluding carboxylic acids is 1. The Hall–Kier alpha value is -2.47. The van der Waals surface area contributed by atoms with E-state index >= 15 is 0 Å².